The van der Waals surface area contributed by atoms with Crippen LogP contribution in [0.25, 0.3) is 0 Å². The van der Waals surface area contributed by atoms with Crippen LogP contribution in [0.3, 0.4) is 0 Å². The lowest BCUT2D eigenvalue weighted by Crippen LogP contribution is -2.45. The second kappa shape index (κ2) is 8.29. The highest BCUT2D eigenvalue weighted by Crippen LogP contribution is 2.28. The third kappa shape index (κ3) is 5.45. The van der Waals surface area contributed by atoms with Crippen molar-refractivity contribution in [3.05, 3.63) is 0 Å². The lowest BCUT2D eigenvalue weighted by Gasteiger charge is -2.32. The molecule has 1 aliphatic carbocycles. The summed E-state index contributed by atoms with van der Waals surface area (Å²) in [5.74, 6) is 2.57. The Kier molecular flexibility index (Phi) is 7.42. The Morgan fingerprint density at radius 3 is 2.74 bits per heavy atom. The molecule has 5 heteroatoms. The van der Waals surface area contributed by atoms with Crippen LogP contribution in [0.1, 0.15) is 33.1 Å². The molecule has 1 aliphatic heterocycles. The molecule has 2 rings (SSSR count). The van der Waals surface area contributed by atoms with E-state index in [1.54, 1.807) is 0 Å². The maximum Gasteiger partial charge on any atom is 0.191 e. The fourth-order valence-corrected chi connectivity index (χ4v) is 2.74. The molecule has 2 N–H and O–H groups in total. The molecular weight excluding hydrogens is 351 g/mol. The molecule has 2 aliphatic rings. The van der Waals surface area contributed by atoms with Gasteiger partial charge in [0, 0.05) is 26.2 Å². The number of halogens is 1. The molecule has 0 spiro atoms. The van der Waals surface area contributed by atoms with Crippen LogP contribution in [0.15, 0.2) is 4.99 Å². The summed E-state index contributed by atoms with van der Waals surface area (Å²) < 4.78 is 0. The van der Waals surface area contributed by atoms with Crippen LogP contribution in [0, 0.1) is 11.8 Å². The largest absolute Gasteiger partial charge is 0.356 e. The standard InChI is InChI=1S/C14H28N4.HI/c1-4-18-7-5-6-12(10-18)9-16-14(15-3)17-13-8-11(13)2;/h11-13H,4-10H2,1-3H3,(H2,15,16,17);1H. The first-order valence-electron chi connectivity index (χ1n) is 7.42. The number of aliphatic imine (C=N–C) groups is 1. The molecule has 0 radical (unpaired) electrons. The average molecular weight is 380 g/mol. The third-order valence-corrected chi connectivity index (χ3v) is 4.26. The molecule has 3 unspecified atom stereocenters. The van der Waals surface area contributed by atoms with E-state index in [9.17, 15) is 0 Å². The molecule has 112 valence electrons. The van der Waals surface area contributed by atoms with E-state index in [1.165, 1.54) is 38.9 Å². The summed E-state index contributed by atoms with van der Waals surface area (Å²) in [6.45, 7) is 9.29. The van der Waals surface area contributed by atoms with Gasteiger partial charge in [-0.2, -0.15) is 0 Å². The lowest BCUT2D eigenvalue weighted by atomic mass is 9.98. The van der Waals surface area contributed by atoms with E-state index < -0.39 is 0 Å². The van der Waals surface area contributed by atoms with Gasteiger partial charge >= 0.3 is 0 Å². The highest BCUT2D eigenvalue weighted by molar-refractivity contribution is 14.0. The molecule has 19 heavy (non-hydrogen) atoms. The van der Waals surface area contributed by atoms with E-state index in [1.807, 2.05) is 7.05 Å². The Bertz CT molecular complexity index is 295. The maximum atomic E-state index is 4.31. The first-order valence-corrected chi connectivity index (χ1v) is 7.42. The van der Waals surface area contributed by atoms with Crippen molar-refractivity contribution >= 4 is 29.9 Å². The highest BCUT2D eigenvalue weighted by atomic mass is 127. The minimum atomic E-state index is 0. The van der Waals surface area contributed by atoms with Crippen molar-refractivity contribution in [1.82, 2.24) is 15.5 Å². The molecular formula is C14H29IN4. The number of nitrogens with one attached hydrogen (secondary N) is 2. The fraction of sp³-hybridized carbons (Fsp3) is 0.929. The molecule has 0 aromatic rings. The van der Waals surface area contributed by atoms with Crippen LogP contribution >= 0.6 is 24.0 Å². The summed E-state index contributed by atoms with van der Waals surface area (Å²) in [6, 6.07) is 0.648. The van der Waals surface area contributed by atoms with Gasteiger partial charge in [-0.3, -0.25) is 4.99 Å². The summed E-state index contributed by atoms with van der Waals surface area (Å²) in [4.78, 5) is 6.86. The molecule has 0 bridgehead atoms. The molecule has 3 atom stereocenters. The van der Waals surface area contributed by atoms with Crippen molar-refractivity contribution in [2.24, 2.45) is 16.8 Å². The number of guanidine groups is 1. The Morgan fingerprint density at radius 1 is 1.42 bits per heavy atom. The van der Waals surface area contributed by atoms with Gasteiger partial charge in [0.1, 0.15) is 0 Å². The number of rotatable bonds is 4. The predicted octanol–water partition coefficient (Wildman–Crippen LogP) is 1.91. The number of piperidine rings is 1. The average Bonchev–Trinajstić information content (AvgIpc) is 3.10. The summed E-state index contributed by atoms with van der Waals surface area (Å²) in [6.07, 6.45) is 3.97. The van der Waals surface area contributed by atoms with Crippen LogP contribution in [0.5, 0.6) is 0 Å². The zero-order chi connectivity index (χ0) is 13.0. The van der Waals surface area contributed by atoms with Crippen LogP contribution < -0.4 is 10.6 Å². The van der Waals surface area contributed by atoms with E-state index in [0.29, 0.717) is 6.04 Å². The van der Waals surface area contributed by atoms with Gasteiger partial charge in [-0.25, -0.2) is 0 Å². The quantitative estimate of drug-likeness (QED) is 0.445. The summed E-state index contributed by atoms with van der Waals surface area (Å²) in [5, 5.41) is 6.97. The SMILES string of the molecule is CCN1CCCC(CNC(=NC)NC2CC2C)C1.I. The molecule has 2 fully saturated rings. The van der Waals surface area contributed by atoms with Gasteiger partial charge in [-0.05, 0) is 44.2 Å². The zero-order valence-corrected chi connectivity index (χ0v) is 14.8. The van der Waals surface area contributed by atoms with Gasteiger partial charge in [0.2, 0.25) is 0 Å². The van der Waals surface area contributed by atoms with Gasteiger partial charge in [-0.15, -0.1) is 24.0 Å². The topological polar surface area (TPSA) is 39.7 Å². The van der Waals surface area contributed by atoms with Crippen molar-refractivity contribution in [2.75, 3.05) is 33.2 Å². The molecule has 1 saturated carbocycles. The van der Waals surface area contributed by atoms with Crippen LogP contribution in [-0.4, -0.2) is 50.1 Å². The minimum Gasteiger partial charge on any atom is -0.356 e. The van der Waals surface area contributed by atoms with E-state index in [2.05, 4.69) is 34.4 Å². The Labute approximate surface area is 134 Å². The van der Waals surface area contributed by atoms with Gasteiger partial charge in [0.25, 0.3) is 0 Å². The van der Waals surface area contributed by atoms with E-state index in [-0.39, 0.29) is 24.0 Å². The molecule has 1 heterocycles. The highest BCUT2D eigenvalue weighted by Gasteiger charge is 2.33. The van der Waals surface area contributed by atoms with Crippen molar-refractivity contribution in [1.29, 1.82) is 0 Å². The van der Waals surface area contributed by atoms with E-state index in [4.69, 9.17) is 0 Å². The number of hydrogen-bond acceptors (Lipinski definition) is 2. The van der Waals surface area contributed by atoms with Crippen molar-refractivity contribution in [2.45, 2.75) is 39.2 Å². The van der Waals surface area contributed by atoms with Crippen LogP contribution in [-0.2, 0) is 0 Å². The molecule has 0 amide bonds. The van der Waals surface area contributed by atoms with Crippen molar-refractivity contribution in [3.63, 3.8) is 0 Å². The Balaban J connectivity index is 0.00000180. The number of hydrogen-bond donors (Lipinski definition) is 2. The second-order valence-corrected chi connectivity index (χ2v) is 5.82. The van der Waals surface area contributed by atoms with Crippen molar-refractivity contribution in [3.8, 4) is 0 Å². The zero-order valence-electron chi connectivity index (χ0n) is 12.5. The summed E-state index contributed by atoms with van der Waals surface area (Å²) in [5.41, 5.74) is 0. The smallest absolute Gasteiger partial charge is 0.191 e. The fourth-order valence-electron chi connectivity index (χ4n) is 2.74. The second-order valence-electron chi connectivity index (χ2n) is 5.82. The monoisotopic (exact) mass is 380 g/mol. The van der Waals surface area contributed by atoms with E-state index >= 15 is 0 Å². The Morgan fingerprint density at radius 2 is 2.16 bits per heavy atom. The van der Waals surface area contributed by atoms with Gasteiger partial charge in [0.05, 0.1) is 0 Å². The third-order valence-electron chi connectivity index (χ3n) is 4.26. The predicted molar refractivity (Wildman–Crippen MR) is 92.3 cm³/mol. The minimum absolute atomic E-state index is 0. The molecule has 1 saturated heterocycles. The molecule has 0 aromatic heterocycles. The van der Waals surface area contributed by atoms with Crippen molar-refractivity contribution < 1.29 is 0 Å². The summed E-state index contributed by atoms with van der Waals surface area (Å²) >= 11 is 0. The number of likely N-dealkylation sites (tertiary alicyclic amines) is 1. The van der Waals surface area contributed by atoms with Gasteiger partial charge in [0.15, 0.2) is 5.96 Å². The first kappa shape index (κ1) is 17.0. The Hall–Kier alpha value is -0.0400. The normalized spacial score (nSPS) is 31.5. The molecule has 0 aromatic carbocycles. The van der Waals surface area contributed by atoms with Gasteiger partial charge in [-0.1, -0.05) is 13.8 Å². The maximum absolute atomic E-state index is 4.31. The molecule has 4 nitrogen and oxygen atoms in total. The first-order chi connectivity index (χ1) is 8.72. The van der Waals surface area contributed by atoms with Crippen LogP contribution in [0.2, 0.25) is 0 Å². The summed E-state index contributed by atoms with van der Waals surface area (Å²) in [7, 11) is 1.86. The van der Waals surface area contributed by atoms with E-state index in [0.717, 1.165) is 24.3 Å². The van der Waals surface area contributed by atoms with Crippen LogP contribution in [0.4, 0.5) is 0 Å². The number of nitrogens with zero attached hydrogens (tertiary/aromatic N) is 2. The van der Waals surface area contributed by atoms with Gasteiger partial charge < -0.3 is 15.5 Å². The lowest BCUT2D eigenvalue weighted by molar-refractivity contribution is 0.183.